The maximum atomic E-state index is 13.4. The first-order valence-electron chi connectivity index (χ1n) is 6.01. The second-order valence-corrected chi connectivity index (χ2v) is 5.47. The van der Waals surface area contributed by atoms with Gasteiger partial charge in [-0.15, -0.1) is 0 Å². The first-order valence-corrected chi connectivity index (χ1v) is 6.80. The van der Waals surface area contributed by atoms with Crippen LogP contribution in [0.4, 0.5) is 10.1 Å². The van der Waals surface area contributed by atoms with Gasteiger partial charge >= 0.3 is 0 Å². The van der Waals surface area contributed by atoms with Crippen molar-refractivity contribution in [1.82, 2.24) is 0 Å². The molecule has 0 aromatic heterocycles. The lowest BCUT2D eigenvalue weighted by Gasteiger charge is -2.19. The fraction of sp³-hybridized carbons (Fsp3) is 0.429. The van der Waals surface area contributed by atoms with Crippen LogP contribution in [0.15, 0.2) is 28.8 Å². The summed E-state index contributed by atoms with van der Waals surface area (Å²) in [5, 5.41) is 3.36. The van der Waals surface area contributed by atoms with E-state index >= 15 is 0 Å². The van der Waals surface area contributed by atoms with Crippen molar-refractivity contribution in [2.24, 2.45) is 5.92 Å². The van der Waals surface area contributed by atoms with Crippen molar-refractivity contribution < 1.29 is 4.39 Å². The summed E-state index contributed by atoms with van der Waals surface area (Å²) in [4.78, 5) is 0. The highest BCUT2D eigenvalue weighted by molar-refractivity contribution is 9.10. The molecular weight excluding hydrogens is 281 g/mol. The topological polar surface area (TPSA) is 12.0 Å². The molecule has 1 nitrogen and oxygen atoms in total. The molecule has 1 aromatic carbocycles. The molecule has 0 amide bonds. The lowest BCUT2D eigenvalue weighted by Crippen LogP contribution is -2.16. The molecule has 1 aromatic rings. The zero-order chi connectivity index (χ0) is 12.3. The lowest BCUT2D eigenvalue weighted by molar-refractivity contribution is 0.504. The SMILES string of the molecule is Cc1cc(Br)c(F)cc1NCC1CC=CCC1. The van der Waals surface area contributed by atoms with Crippen molar-refractivity contribution in [2.45, 2.75) is 26.2 Å². The molecule has 1 aliphatic carbocycles. The number of hydrogen-bond acceptors (Lipinski definition) is 1. The fourth-order valence-electron chi connectivity index (χ4n) is 2.13. The molecule has 17 heavy (non-hydrogen) atoms. The van der Waals surface area contributed by atoms with Crippen LogP contribution in [0.2, 0.25) is 0 Å². The predicted octanol–water partition coefficient (Wildman–Crippen LogP) is 4.66. The van der Waals surface area contributed by atoms with E-state index in [-0.39, 0.29) is 5.82 Å². The molecule has 3 heteroatoms. The molecule has 0 fully saturated rings. The molecule has 1 aliphatic rings. The Morgan fingerprint density at radius 3 is 2.94 bits per heavy atom. The standard InChI is InChI=1S/C14H17BrFN/c1-10-7-12(15)13(16)8-14(10)17-9-11-5-3-2-4-6-11/h2-3,7-8,11,17H,4-6,9H2,1H3. The Morgan fingerprint density at radius 1 is 1.41 bits per heavy atom. The van der Waals surface area contributed by atoms with Crippen LogP contribution in [0, 0.1) is 18.7 Å². The van der Waals surface area contributed by atoms with Crippen LogP contribution in [0.1, 0.15) is 24.8 Å². The van der Waals surface area contributed by atoms with Crippen LogP contribution >= 0.6 is 15.9 Å². The first-order chi connectivity index (χ1) is 8.16. The average Bonchev–Trinajstić information content (AvgIpc) is 2.33. The summed E-state index contributed by atoms with van der Waals surface area (Å²) in [5.41, 5.74) is 1.98. The predicted molar refractivity (Wildman–Crippen MR) is 73.8 cm³/mol. The van der Waals surface area contributed by atoms with Gasteiger partial charge in [-0.2, -0.15) is 0 Å². The Bertz CT molecular complexity index is 428. The Kier molecular flexibility index (Phi) is 4.21. The minimum atomic E-state index is -0.207. The van der Waals surface area contributed by atoms with Crippen molar-refractivity contribution in [3.05, 3.63) is 40.1 Å². The molecule has 0 spiro atoms. The van der Waals surface area contributed by atoms with E-state index in [0.717, 1.165) is 24.2 Å². The van der Waals surface area contributed by atoms with Gasteiger partial charge in [0.2, 0.25) is 0 Å². The van der Waals surface area contributed by atoms with Crippen molar-refractivity contribution >= 4 is 21.6 Å². The Hall–Kier alpha value is -0.830. The van der Waals surface area contributed by atoms with E-state index in [9.17, 15) is 4.39 Å². The van der Waals surface area contributed by atoms with E-state index in [1.54, 1.807) is 6.07 Å². The molecule has 2 rings (SSSR count). The molecule has 0 bridgehead atoms. The zero-order valence-electron chi connectivity index (χ0n) is 9.97. The number of nitrogens with one attached hydrogen (secondary N) is 1. The maximum absolute atomic E-state index is 13.4. The van der Waals surface area contributed by atoms with Crippen LogP contribution in [0.3, 0.4) is 0 Å². The third-order valence-corrected chi connectivity index (χ3v) is 3.83. The van der Waals surface area contributed by atoms with Crippen LogP contribution in [0.5, 0.6) is 0 Å². The average molecular weight is 298 g/mol. The van der Waals surface area contributed by atoms with Gasteiger partial charge in [-0.3, -0.25) is 0 Å². The second-order valence-electron chi connectivity index (χ2n) is 4.61. The fourth-order valence-corrected chi connectivity index (χ4v) is 2.59. The van der Waals surface area contributed by atoms with Crippen LogP contribution in [0.25, 0.3) is 0 Å². The zero-order valence-corrected chi connectivity index (χ0v) is 11.6. The molecule has 0 saturated heterocycles. The molecule has 92 valence electrons. The summed E-state index contributed by atoms with van der Waals surface area (Å²) < 4.78 is 14.0. The monoisotopic (exact) mass is 297 g/mol. The van der Waals surface area contributed by atoms with Crippen molar-refractivity contribution in [3.63, 3.8) is 0 Å². The minimum absolute atomic E-state index is 0.207. The Balaban J connectivity index is 1.98. The number of hydrogen-bond donors (Lipinski definition) is 1. The number of benzene rings is 1. The highest BCUT2D eigenvalue weighted by Crippen LogP contribution is 2.25. The normalized spacial score (nSPS) is 19.4. The highest BCUT2D eigenvalue weighted by atomic mass is 79.9. The maximum Gasteiger partial charge on any atom is 0.139 e. The minimum Gasteiger partial charge on any atom is -0.384 e. The first kappa shape index (κ1) is 12.6. The number of anilines is 1. The van der Waals surface area contributed by atoms with Gasteiger partial charge in [0.25, 0.3) is 0 Å². The molecule has 0 radical (unpaired) electrons. The molecule has 1 N–H and O–H groups in total. The molecule has 0 heterocycles. The number of allylic oxidation sites excluding steroid dienone is 2. The molecule has 0 aliphatic heterocycles. The molecule has 1 atom stereocenters. The van der Waals surface area contributed by atoms with E-state index < -0.39 is 0 Å². The van der Waals surface area contributed by atoms with Crippen molar-refractivity contribution in [3.8, 4) is 0 Å². The summed E-state index contributed by atoms with van der Waals surface area (Å²) in [6.07, 6.45) is 8.00. The van der Waals surface area contributed by atoms with Crippen LogP contribution in [-0.2, 0) is 0 Å². The van der Waals surface area contributed by atoms with Gasteiger partial charge in [-0.1, -0.05) is 12.2 Å². The van der Waals surface area contributed by atoms with E-state index in [1.807, 2.05) is 13.0 Å². The third-order valence-electron chi connectivity index (χ3n) is 3.23. The van der Waals surface area contributed by atoms with Crippen LogP contribution in [-0.4, -0.2) is 6.54 Å². The lowest BCUT2D eigenvalue weighted by atomic mass is 9.94. The molecular formula is C14H17BrFN. The Labute approximate surface area is 110 Å². The quantitative estimate of drug-likeness (QED) is 0.800. The van der Waals surface area contributed by atoms with Gasteiger partial charge in [0, 0.05) is 12.2 Å². The van der Waals surface area contributed by atoms with Crippen molar-refractivity contribution in [2.75, 3.05) is 11.9 Å². The van der Waals surface area contributed by atoms with E-state index in [0.29, 0.717) is 10.4 Å². The molecule has 0 saturated carbocycles. The third kappa shape index (κ3) is 3.32. The summed E-state index contributed by atoms with van der Waals surface area (Å²) in [6, 6.07) is 3.39. The summed E-state index contributed by atoms with van der Waals surface area (Å²) in [7, 11) is 0. The highest BCUT2D eigenvalue weighted by Gasteiger charge is 2.11. The van der Waals surface area contributed by atoms with Gasteiger partial charge in [-0.05, 0) is 65.7 Å². The Morgan fingerprint density at radius 2 is 2.24 bits per heavy atom. The number of halogens is 2. The second kappa shape index (κ2) is 5.67. The number of rotatable bonds is 3. The largest absolute Gasteiger partial charge is 0.384 e. The summed E-state index contributed by atoms with van der Waals surface area (Å²) in [5.74, 6) is 0.466. The van der Waals surface area contributed by atoms with E-state index in [1.165, 1.54) is 12.8 Å². The smallest absolute Gasteiger partial charge is 0.139 e. The molecule has 1 unspecified atom stereocenters. The van der Waals surface area contributed by atoms with Crippen LogP contribution < -0.4 is 5.32 Å². The van der Waals surface area contributed by atoms with Gasteiger partial charge in [0.15, 0.2) is 0 Å². The van der Waals surface area contributed by atoms with Gasteiger partial charge in [-0.25, -0.2) is 4.39 Å². The summed E-state index contributed by atoms with van der Waals surface area (Å²) >= 11 is 3.20. The van der Waals surface area contributed by atoms with E-state index in [4.69, 9.17) is 0 Å². The van der Waals surface area contributed by atoms with Gasteiger partial charge < -0.3 is 5.32 Å². The number of aryl methyl sites for hydroxylation is 1. The van der Waals surface area contributed by atoms with E-state index in [2.05, 4.69) is 33.4 Å². The summed E-state index contributed by atoms with van der Waals surface area (Å²) in [6.45, 7) is 2.92. The van der Waals surface area contributed by atoms with Crippen molar-refractivity contribution in [1.29, 1.82) is 0 Å². The van der Waals surface area contributed by atoms with Gasteiger partial charge in [0.05, 0.1) is 4.47 Å². The van der Waals surface area contributed by atoms with Gasteiger partial charge in [0.1, 0.15) is 5.82 Å².